The van der Waals surface area contributed by atoms with Crippen LogP contribution in [0.1, 0.15) is 12.8 Å². The number of anilines is 1. The van der Waals surface area contributed by atoms with Crippen LogP contribution in [0, 0.1) is 11.8 Å². The van der Waals surface area contributed by atoms with Crippen LogP contribution in [-0.2, 0) is 9.59 Å². The van der Waals surface area contributed by atoms with Gasteiger partial charge >= 0.3 is 5.97 Å². The Morgan fingerprint density at radius 3 is 2.50 bits per heavy atom. The highest BCUT2D eigenvalue weighted by Gasteiger charge is 2.36. The molecule has 20 heavy (non-hydrogen) atoms. The van der Waals surface area contributed by atoms with Crippen molar-refractivity contribution in [3.05, 3.63) is 39.8 Å². The summed E-state index contributed by atoms with van der Waals surface area (Å²) < 4.78 is 0.905. The van der Waals surface area contributed by atoms with E-state index in [1.54, 1.807) is 30.3 Å². The Morgan fingerprint density at radius 2 is 1.90 bits per heavy atom. The lowest BCUT2D eigenvalue weighted by molar-refractivity contribution is -0.146. The summed E-state index contributed by atoms with van der Waals surface area (Å²) in [6, 6.07) is 7.10. The van der Waals surface area contributed by atoms with E-state index in [0.717, 1.165) is 4.47 Å². The zero-order valence-electron chi connectivity index (χ0n) is 10.5. The Kier molecular flexibility index (Phi) is 4.83. The second-order valence-electron chi connectivity index (χ2n) is 4.64. The van der Waals surface area contributed by atoms with Crippen molar-refractivity contribution in [2.75, 3.05) is 5.32 Å². The van der Waals surface area contributed by atoms with E-state index in [1.165, 1.54) is 0 Å². The van der Waals surface area contributed by atoms with Gasteiger partial charge in [-0.3, -0.25) is 9.59 Å². The van der Waals surface area contributed by atoms with Crippen molar-refractivity contribution in [1.82, 2.24) is 0 Å². The summed E-state index contributed by atoms with van der Waals surface area (Å²) in [7, 11) is 0. The highest BCUT2D eigenvalue weighted by molar-refractivity contribution is 9.10. The fourth-order valence-corrected chi connectivity index (χ4v) is 2.69. The van der Waals surface area contributed by atoms with Gasteiger partial charge < -0.3 is 10.4 Å². The van der Waals surface area contributed by atoms with Crippen LogP contribution in [-0.4, -0.2) is 17.0 Å². The predicted octanol–water partition coefficient (Wildman–Crippen LogP) is 3.62. The number of carboxylic acids is 1. The number of amides is 1. The molecule has 106 valence electrons. The number of aliphatic carboxylic acids is 1. The molecule has 0 saturated carbocycles. The van der Waals surface area contributed by atoms with Crippen molar-refractivity contribution in [1.29, 1.82) is 0 Å². The lowest BCUT2D eigenvalue weighted by atomic mass is 9.82. The van der Waals surface area contributed by atoms with Gasteiger partial charge in [-0.1, -0.05) is 33.6 Å². The third-order valence-electron chi connectivity index (χ3n) is 3.26. The van der Waals surface area contributed by atoms with E-state index in [4.69, 9.17) is 11.6 Å². The molecule has 0 bridgehead atoms. The maximum atomic E-state index is 12.2. The van der Waals surface area contributed by atoms with Crippen molar-refractivity contribution in [3.8, 4) is 0 Å². The Balaban J connectivity index is 2.12. The molecule has 1 amide bonds. The minimum atomic E-state index is -0.971. The number of halogens is 2. The topological polar surface area (TPSA) is 66.4 Å². The van der Waals surface area contributed by atoms with E-state index < -0.39 is 17.8 Å². The Bertz CT molecular complexity index is 556. The first-order chi connectivity index (χ1) is 9.47. The summed E-state index contributed by atoms with van der Waals surface area (Å²) in [5.41, 5.74) is 0.632. The van der Waals surface area contributed by atoms with E-state index in [1.807, 2.05) is 0 Å². The quantitative estimate of drug-likeness (QED) is 0.867. The van der Waals surface area contributed by atoms with Gasteiger partial charge in [-0.05, 0) is 37.1 Å². The first-order valence-corrected chi connectivity index (χ1v) is 7.28. The number of nitrogens with one attached hydrogen (secondary N) is 1. The minimum Gasteiger partial charge on any atom is -0.481 e. The summed E-state index contributed by atoms with van der Waals surface area (Å²) >= 11 is 9.24. The van der Waals surface area contributed by atoms with E-state index in [2.05, 4.69) is 21.2 Å². The van der Waals surface area contributed by atoms with Crippen molar-refractivity contribution in [3.63, 3.8) is 0 Å². The maximum absolute atomic E-state index is 12.2. The third-order valence-corrected chi connectivity index (χ3v) is 4.10. The van der Waals surface area contributed by atoms with Gasteiger partial charge in [0.15, 0.2) is 0 Å². The van der Waals surface area contributed by atoms with Gasteiger partial charge in [0, 0.05) is 15.2 Å². The van der Waals surface area contributed by atoms with Crippen LogP contribution in [0.15, 0.2) is 39.8 Å². The number of hydrogen-bond acceptors (Lipinski definition) is 2. The monoisotopic (exact) mass is 357 g/mol. The lowest BCUT2D eigenvalue weighted by Crippen LogP contribution is -2.35. The average Bonchev–Trinajstić information content (AvgIpc) is 2.41. The fraction of sp³-hybridized carbons (Fsp3) is 0.286. The fourth-order valence-electron chi connectivity index (χ4n) is 2.17. The molecule has 0 spiro atoms. The Hall–Kier alpha value is -1.33. The second-order valence-corrected chi connectivity index (χ2v) is 6.04. The average molecular weight is 359 g/mol. The van der Waals surface area contributed by atoms with Crippen LogP contribution in [0.25, 0.3) is 0 Å². The van der Waals surface area contributed by atoms with Gasteiger partial charge in [0.05, 0.1) is 11.8 Å². The van der Waals surface area contributed by atoms with Crippen LogP contribution in [0.3, 0.4) is 0 Å². The van der Waals surface area contributed by atoms with Gasteiger partial charge in [0.2, 0.25) is 5.91 Å². The van der Waals surface area contributed by atoms with Gasteiger partial charge in [0.25, 0.3) is 0 Å². The summed E-state index contributed by atoms with van der Waals surface area (Å²) in [4.78, 5) is 23.5. The largest absolute Gasteiger partial charge is 0.481 e. The molecule has 0 saturated heterocycles. The van der Waals surface area contributed by atoms with E-state index in [-0.39, 0.29) is 18.7 Å². The zero-order chi connectivity index (χ0) is 14.7. The molecule has 0 radical (unpaired) electrons. The van der Waals surface area contributed by atoms with Gasteiger partial charge in [0.1, 0.15) is 0 Å². The molecule has 0 aliphatic heterocycles. The second kappa shape index (κ2) is 6.41. The van der Waals surface area contributed by atoms with E-state index in [0.29, 0.717) is 10.7 Å². The SMILES string of the molecule is O=C(Nc1ccc(Br)cc1)[C@H]1CC(Cl)=CC[C@H]1C(=O)O. The predicted molar refractivity (Wildman–Crippen MR) is 80.6 cm³/mol. The first-order valence-electron chi connectivity index (χ1n) is 6.11. The first kappa shape index (κ1) is 15.1. The Morgan fingerprint density at radius 1 is 1.25 bits per heavy atom. The molecule has 0 aromatic heterocycles. The summed E-state index contributed by atoms with van der Waals surface area (Å²) in [6.07, 6.45) is 2.22. The summed E-state index contributed by atoms with van der Waals surface area (Å²) in [5, 5.41) is 12.5. The molecule has 1 aromatic rings. The van der Waals surface area contributed by atoms with Crippen LogP contribution in [0.4, 0.5) is 5.69 Å². The summed E-state index contributed by atoms with van der Waals surface area (Å²) in [5.74, 6) is -2.66. The number of rotatable bonds is 3. The highest BCUT2D eigenvalue weighted by Crippen LogP contribution is 2.32. The third kappa shape index (κ3) is 3.61. The number of carbonyl (C=O) groups is 2. The van der Waals surface area contributed by atoms with Crippen LogP contribution in [0.2, 0.25) is 0 Å². The molecule has 0 unspecified atom stereocenters. The number of carbonyl (C=O) groups excluding carboxylic acids is 1. The molecule has 4 nitrogen and oxygen atoms in total. The van der Waals surface area contributed by atoms with Gasteiger partial charge in [-0.15, -0.1) is 0 Å². The van der Waals surface area contributed by atoms with Crippen LogP contribution >= 0.6 is 27.5 Å². The number of allylic oxidation sites excluding steroid dienone is 2. The minimum absolute atomic E-state index is 0.265. The number of benzene rings is 1. The smallest absolute Gasteiger partial charge is 0.307 e. The van der Waals surface area contributed by atoms with E-state index in [9.17, 15) is 14.7 Å². The van der Waals surface area contributed by atoms with Crippen molar-refractivity contribution in [2.45, 2.75) is 12.8 Å². The number of carboxylic acid groups (broad SMARTS) is 1. The molecule has 0 fully saturated rings. The normalized spacial score (nSPS) is 22.0. The molecule has 1 aromatic carbocycles. The zero-order valence-corrected chi connectivity index (χ0v) is 12.8. The molecule has 2 atom stereocenters. The van der Waals surface area contributed by atoms with Crippen molar-refractivity contribution < 1.29 is 14.7 Å². The molecular weight excluding hydrogens is 346 g/mol. The molecule has 2 rings (SSSR count). The molecule has 2 N–H and O–H groups in total. The van der Waals surface area contributed by atoms with Gasteiger partial charge in [-0.25, -0.2) is 0 Å². The number of hydrogen-bond donors (Lipinski definition) is 2. The Labute approximate surface area is 129 Å². The molecule has 0 heterocycles. The standard InChI is InChI=1S/C14H13BrClNO3/c15-8-1-4-10(5-2-8)17-13(18)12-7-9(16)3-6-11(12)14(19)20/h1-5,11-12H,6-7H2,(H,17,18)(H,19,20)/t11-,12+/m1/s1. The highest BCUT2D eigenvalue weighted by atomic mass is 79.9. The van der Waals surface area contributed by atoms with Crippen LogP contribution < -0.4 is 5.32 Å². The molecular formula is C14H13BrClNO3. The lowest BCUT2D eigenvalue weighted by Gasteiger charge is -2.25. The molecule has 1 aliphatic carbocycles. The van der Waals surface area contributed by atoms with Crippen molar-refractivity contribution in [2.24, 2.45) is 11.8 Å². The molecule has 6 heteroatoms. The van der Waals surface area contributed by atoms with Crippen molar-refractivity contribution >= 4 is 45.1 Å². The molecule has 1 aliphatic rings. The van der Waals surface area contributed by atoms with Gasteiger partial charge in [-0.2, -0.15) is 0 Å². The maximum Gasteiger partial charge on any atom is 0.307 e. The van der Waals surface area contributed by atoms with Crippen LogP contribution in [0.5, 0.6) is 0 Å². The van der Waals surface area contributed by atoms with E-state index >= 15 is 0 Å². The summed E-state index contributed by atoms with van der Waals surface area (Å²) in [6.45, 7) is 0.